The van der Waals surface area contributed by atoms with Crippen molar-refractivity contribution in [2.75, 3.05) is 0 Å². The van der Waals surface area contributed by atoms with Crippen molar-refractivity contribution in [3.8, 4) is 0 Å². The zero-order valence-electron chi connectivity index (χ0n) is 11.0. The van der Waals surface area contributed by atoms with Crippen molar-refractivity contribution in [3.05, 3.63) is 0 Å². The van der Waals surface area contributed by atoms with Crippen LogP contribution in [0, 0.1) is 0 Å². The molecule has 0 spiro atoms. The second-order valence-corrected chi connectivity index (χ2v) is 8.46. The van der Waals surface area contributed by atoms with Crippen LogP contribution in [0.2, 0.25) is 0 Å². The van der Waals surface area contributed by atoms with E-state index >= 15 is 0 Å². The zero-order valence-corrected chi connectivity index (χ0v) is 12.8. The van der Waals surface area contributed by atoms with Gasteiger partial charge in [-0.25, -0.2) is 0 Å². The summed E-state index contributed by atoms with van der Waals surface area (Å²) in [5.41, 5.74) is 0. The summed E-state index contributed by atoms with van der Waals surface area (Å²) >= 11 is 0. The van der Waals surface area contributed by atoms with E-state index in [4.69, 9.17) is 4.52 Å². The number of rotatable bonds is 7. The van der Waals surface area contributed by atoms with Gasteiger partial charge in [0.1, 0.15) is 0 Å². The number of hydrogen-bond donors (Lipinski definition) is 4. The summed E-state index contributed by atoms with van der Waals surface area (Å²) in [6.45, 7) is 5.48. The topological polar surface area (TPSA) is 124 Å². The first-order valence-electron chi connectivity index (χ1n) is 5.70. The molecular weight excluding hydrogens is 282 g/mol. The standard InChI is InChI=1S/C9H22O7P2/c1-5-8(4,17(11,12)13)16-18(14,15)9(10,6-2)7-3/h10H,5-7H2,1-4H3,(H,14,15)(H2,11,12,13). The first-order valence-corrected chi connectivity index (χ1v) is 8.89. The summed E-state index contributed by atoms with van der Waals surface area (Å²) in [6.07, 6.45) is -0.276. The minimum Gasteiger partial charge on any atom is -0.377 e. The molecule has 4 N–H and O–H groups in total. The number of aliphatic hydroxyl groups is 1. The van der Waals surface area contributed by atoms with Crippen LogP contribution in [0.4, 0.5) is 0 Å². The highest BCUT2D eigenvalue weighted by atomic mass is 31.2. The molecule has 0 amide bonds. The molecule has 7 nitrogen and oxygen atoms in total. The van der Waals surface area contributed by atoms with Crippen molar-refractivity contribution in [3.63, 3.8) is 0 Å². The van der Waals surface area contributed by atoms with Gasteiger partial charge in [0.15, 0.2) is 10.7 Å². The minimum atomic E-state index is -4.74. The van der Waals surface area contributed by atoms with Crippen LogP contribution in [-0.4, -0.2) is 30.5 Å². The fourth-order valence-electron chi connectivity index (χ4n) is 1.32. The Kier molecular flexibility index (Phi) is 5.80. The van der Waals surface area contributed by atoms with Gasteiger partial charge in [0.05, 0.1) is 0 Å². The third-order valence-electron chi connectivity index (χ3n) is 3.25. The van der Waals surface area contributed by atoms with Crippen molar-refractivity contribution in [1.29, 1.82) is 0 Å². The molecule has 0 saturated carbocycles. The van der Waals surface area contributed by atoms with Gasteiger partial charge in [-0.15, -0.1) is 0 Å². The Balaban J connectivity index is 5.44. The Bertz CT molecular complexity index is 373. The van der Waals surface area contributed by atoms with Gasteiger partial charge in [0.2, 0.25) is 0 Å². The average molecular weight is 304 g/mol. The Morgan fingerprint density at radius 3 is 1.61 bits per heavy atom. The van der Waals surface area contributed by atoms with Crippen LogP contribution in [0.25, 0.3) is 0 Å². The van der Waals surface area contributed by atoms with Crippen molar-refractivity contribution < 1.29 is 33.4 Å². The monoisotopic (exact) mass is 304 g/mol. The van der Waals surface area contributed by atoms with Gasteiger partial charge >= 0.3 is 15.2 Å². The molecule has 9 heteroatoms. The highest BCUT2D eigenvalue weighted by Crippen LogP contribution is 2.66. The maximum Gasteiger partial charge on any atom is 0.360 e. The van der Waals surface area contributed by atoms with Gasteiger partial charge in [-0.1, -0.05) is 20.8 Å². The van der Waals surface area contributed by atoms with E-state index in [-0.39, 0.29) is 19.3 Å². The lowest BCUT2D eigenvalue weighted by Gasteiger charge is -2.37. The molecule has 0 aromatic heterocycles. The lowest BCUT2D eigenvalue weighted by molar-refractivity contribution is 0.0402. The summed E-state index contributed by atoms with van der Waals surface area (Å²) in [6, 6.07) is 0. The molecule has 2 unspecified atom stereocenters. The third kappa shape index (κ3) is 3.42. The quantitative estimate of drug-likeness (QED) is 0.530. The summed E-state index contributed by atoms with van der Waals surface area (Å²) in [5, 5.41) is 5.90. The van der Waals surface area contributed by atoms with Gasteiger partial charge < -0.3 is 19.8 Å². The molecule has 0 saturated heterocycles. The average Bonchev–Trinajstić information content (AvgIpc) is 2.25. The van der Waals surface area contributed by atoms with E-state index in [2.05, 4.69) is 0 Å². The summed E-state index contributed by atoms with van der Waals surface area (Å²) in [7, 11) is -9.33. The third-order valence-corrected chi connectivity index (χ3v) is 7.37. The first-order chi connectivity index (χ1) is 7.89. The van der Waals surface area contributed by atoms with Gasteiger partial charge in [0.25, 0.3) is 0 Å². The molecule has 0 bridgehead atoms. The molecule has 0 aliphatic heterocycles. The number of hydrogen-bond acceptors (Lipinski definition) is 4. The first kappa shape index (κ1) is 18.3. The van der Waals surface area contributed by atoms with Crippen LogP contribution < -0.4 is 0 Å². The van der Waals surface area contributed by atoms with Crippen LogP contribution in [0.3, 0.4) is 0 Å². The van der Waals surface area contributed by atoms with Crippen LogP contribution in [0.15, 0.2) is 0 Å². The Morgan fingerprint density at radius 1 is 1.00 bits per heavy atom. The summed E-state index contributed by atoms with van der Waals surface area (Å²) in [4.78, 5) is 28.2. The van der Waals surface area contributed by atoms with E-state index < -0.39 is 25.9 Å². The van der Waals surface area contributed by atoms with E-state index in [1.807, 2.05) is 0 Å². The van der Waals surface area contributed by atoms with E-state index in [0.717, 1.165) is 6.92 Å². The summed E-state index contributed by atoms with van der Waals surface area (Å²) < 4.78 is 28.2. The lowest BCUT2D eigenvalue weighted by atomic mass is 10.2. The SMILES string of the molecule is CCC(C)(OP(=O)(O)C(O)(CC)CC)P(=O)(O)O. The van der Waals surface area contributed by atoms with Crippen LogP contribution in [0.1, 0.15) is 47.0 Å². The second kappa shape index (κ2) is 5.71. The maximum atomic E-state index is 12.1. The van der Waals surface area contributed by atoms with Gasteiger partial charge in [-0.05, 0) is 26.2 Å². The fourth-order valence-corrected chi connectivity index (χ4v) is 4.13. The molecule has 0 aliphatic carbocycles. The summed E-state index contributed by atoms with van der Waals surface area (Å²) in [5.74, 6) is 0. The molecule has 0 fully saturated rings. The molecule has 0 aromatic rings. The molecule has 0 aliphatic rings. The van der Waals surface area contributed by atoms with Crippen molar-refractivity contribution in [2.24, 2.45) is 0 Å². The molecular formula is C9H22O7P2. The maximum absolute atomic E-state index is 12.1. The fraction of sp³-hybridized carbons (Fsp3) is 1.00. The molecule has 0 heterocycles. The Hall–Kier alpha value is 0.260. The Morgan fingerprint density at radius 2 is 1.39 bits per heavy atom. The van der Waals surface area contributed by atoms with Crippen LogP contribution in [-0.2, 0) is 13.7 Å². The largest absolute Gasteiger partial charge is 0.377 e. The van der Waals surface area contributed by atoms with Crippen LogP contribution in [0.5, 0.6) is 0 Å². The predicted molar refractivity (Wildman–Crippen MR) is 67.2 cm³/mol. The second-order valence-electron chi connectivity index (χ2n) is 4.37. The minimum absolute atomic E-state index is 0.0573. The lowest BCUT2D eigenvalue weighted by Crippen LogP contribution is -2.34. The normalized spacial score (nSPS) is 20.2. The molecule has 110 valence electrons. The molecule has 0 rings (SSSR count). The van der Waals surface area contributed by atoms with Crippen molar-refractivity contribution in [2.45, 2.75) is 57.6 Å². The smallest absolute Gasteiger partial charge is 0.360 e. The Labute approximate surface area is 107 Å². The zero-order chi connectivity index (χ0) is 14.8. The molecule has 2 atom stereocenters. The molecule has 18 heavy (non-hydrogen) atoms. The van der Waals surface area contributed by atoms with E-state index in [0.29, 0.717) is 0 Å². The van der Waals surface area contributed by atoms with Crippen molar-refractivity contribution >= 4 is 15.2 Å². The van der Waals surface area contributed by atoms with Gasteiger partial charge in [-0.3, -0.25) is 13.7 Å². The van der Waals surface area contributed by atoms with E-state index in [1.165, 1.54) is 20.8 Å². The van der Waals surface area contributed by atoms with Crippen molar-refractivity contribution in [1.82, 2.24) is 0 Å². The highest BCUT2D eigenvalue weighted by molar-refractivity contribution is 7.57. The molecule has 0 aromatic carbocycles. The van der Waals surface area contributed by atoms with E-state index in [9.17, 15) is 28.9 Å². The van der Waals surface area contributed by atoms with Crippen LogP contribution >= 0.6 is 15.2 Å². The predicted octanol–water partition coefficient (Wildman–Crippen LogP) is 2.00. The van der Waals surface area contributed by atoms with Gasteiger partial charge in [-0.2, -0.15) is 0 Å². The highest BCUT2D eigenvalue weighted by Gasteiger charge is 2.53. The van der Waals surface area contributed by atoms with Gasteiger partial charge in [0, 0.05) is 0 Å². The van der Waals surface area contributed by atoms with E-state index in [1.54, 1.807) is 0 Å². The molecule has 0 radical (unpaired) electrons.